The summed E-state index contributed by atoms with van der Waals surface area (Å²) in [6.45, 7) is 6.28. The highest BCUT2D eigenvalue weighted by atomic mass is 16.5. The molecule has 0 aromatic rings. The second-order valence-corrected chi connectivity index (χ2v) is 4.52. The van der Waals surface area contributed by atoms with Gasteiger partial charge in [-0.15, -0.1) is 0 Å². The first-order valence-electron chi connectivity index (χ1n) is 6.26. The average Bonchev–Trinajstić information content (AvgIpc) is 2.29. The van der Waals surface area contributed by atoms with Crippen LogP contribution in [0.25, 0.3) is 0 Å². The summed E-state index contributed by atoms with van der Waals surface area (Å²) in [4.78, 5) is 0. The first-order chi connectivity index (χ1) is 7.69. The monoisotopic (exact) mass is 225 g/mol. The Hall–Kier alpha value is -0.990. The van der Waals surface area contributed by atoms with Gasteiger partial charge in [-0.25, -0.2) is 0 Å². The highest BCUT2D eigenvalue weighted by molar-refractivity contribution is 6.00. The molecule has 0 saturated heterocycles. The molecule has 0 spiro atoms. The molecule has 1 rings (SSSR count). The normalized spacial score (nSPS) is 21.3. The van der Waals surface area contributed by atoms with Gasteiger partial charge in [0, 0.05) is 12.0 Å². The minimum Gasteiger partial charge on any atom is -0.495 e. The Morgan fingerprint density at radius 1 is 1.44 bits per heavy atom. The van der Waals surface area contributed by atoms with E-state index in [0.717, 1.165) is 42.7 Å². The number of unbranched alkanes of at least 4 members (excludes halogenated alkanes) is 1. The lowest BCUT2D eigenvalue weighted by atomic mass is 9.96. The fourth-order valence-corrected chi connectivity index (χ4v) is 2.02. The van der Waals surface area contributed by atoms with Gasteiger partial charge in [-0.2, -0.15) is 0 Å². The van der Waals surface area contributed by atoms with E-state index in [0.29, 0.717) is 0 Å². The van der Waals surface area contributed by atoms with Crippen molar-refractivity contribution in [2.24, 2.45) is 5.16 Å². The molecule has 3 heteroatoms. The zero-order chi connectivity index (χ0) is 12.0. The molecule has 1 N–H and O–H groups in total. The standard InChI is InChI=1S/C13H23NO2/c1-4-5-7-10(2)16-13-9-6-8-12(14-15)11(13)3/h10,15H,4-9H2,1-3H3/b14-12+. The molecule has 1 aliphatic carbocycles. The van der Waals surface area contributed by atoms with Gasteiger partial charge in [0.05, 0.1) is 11.8 Å². The summed E-state index contributed by atoms with van der Waals surface area (Å²) in [6, 6.07) is 0. The molecule has 0 aromatic heterocycles. The Balaban J connectivity index is 2.58. The largest absolute Gasteiger partial charge is 0.495 e. The first-order valence-corrected chi connectivity index (χ1v) is 6.26. The van der Waals surface area contributed by atoms with Crippen LogP contribution in [0.1, 0.15) is 59.3 Å². The van der Waals surface area contributed by atoms with Crippen LogP contribution in [0.5, 0.6) is 0 Å². The smallest absolute Gasteiger partial charge is 0.101 e. The molecule has 0 radical (unpaired) electrons. The maximum Gasteiger partial charge on any atom is 0.101 e. The van der Waals surface area contributed by atoms with Gasteiger partial charge >= 0.3 is 0 Å². The predicted molar refractivity (Wildman–Crippen MR) is 65.8 cm³/mol. The van der Waals surface area contributed by atoms with Crippen LogP contribution in [0, 0.1) is 0 Å². The summed E-state index contributed by atoms with van der Waals surface area (Å²) in [5.41, 5.74) is 1.81. The maximum atomic E-state index is 8.85. The Kier molecular flexibility index (Phi) is 5.36. The van der Waals surface area contributed by atoms with Crippen molar-refractivity contribution >= 4 is 5.71 Å². The number of nitrogens with zero attached hydrogens (tertiary/aromatic N) is 1. The van der Waals surface area contributed by atoms with Crippen LogP contribution >= 0.6 is 0 Å². The molecule has 0 fully saturated rings. The molecular formula is C13H23NO2. The third-order valence-electron chi connectivity index (χ3n) is 3.10. The Morgan fingerprint density at radius 3 is 2.81 bits per heavy atom. The topological polar surface area (TPSA) is 41.8 Å². The third kappa shape index (κ3) is 3.54. The molecule has 0 heterocycles. The zero-order valence-electron chi connectivity index (χ0n) is 10.6. The fraction of sp³-hybridized carbons (Fsp3) is 0.769. The van der Waals surface area contributed by atoms with Crippen LogP contribution in [-0.4, -0.2) is 17.0 Å². The van der Waals surface area contributed by atoms with E-state index >= 15 is 0 Å². The van der Waals surface area contributed by atoms with Gasteiger partial charge in [0.15, 0.2) is 0 Å². The van der Waals surface area contributed by atoms with Gasteiger partial charge in [0.1, 0.15) is 5.76 Å². The van der Waals surface area contributed by atoms with E-state index in [-0.39, 0.29) is 6.10 Å². The number of oxime groups is 1. The predicted octanol–water partition coefficient (Wildman–Crippen LogP) is 3.87. The van der Waals surface area contributed by atoms with Crippen LogP contribution in [0.2, 0.25) is 0 Å². The van der Waals surface area contributed by atoms with Crippen LogP contribution in [0.4, 0.5) is 0 Å². The molecular weight excluding hydrogens is 202 g/mol. The Labute approximate surface area is 98.2 Å². The van der Waals surface area contributed by atoms with E-state index in [9.17, 15) is 0 Å². The summed E-state index contributed by atoms with van der Waals surface area (Å²) in [5.74, 6) is 1.02. The fourth-order valence-electron chi connectivity index (χ4n) is 2.02. The summed E-state index contributed by atoms with van der Waals surface area (Å²) < 4.78 is 5.93. The van der Waals surface area contributed by atoms with Crippen molar-refractivity contribution < 1.29 is 9.94 Å². The summed E-state index contributed by atoms with van der Waals surface area (Å²) in [6.07, 6.45) is 6.62. The minimum absolute atomic E-state index is 0.267. The van der Waals surface area contributed by atoms with E-state index in [1.165, 1.54) is 12.8 Å². The van der Waals surface area contributed by atoms with Crippen LogP contribution in [0.15, 0.2) is 16.5 Å². The van der Waals surface area contributed by atoms with Crippen molar-refractivity contribution in [1.82, 2.24) is 0 Å². The van der Waals surface area contributed by atoms with Crippen LogP contribution < -0.4 is 0 Å². The van der Waals surface area contributed by atoms with Gasteiger partial charge in [-0.05, 0) is 33.1 Å². The summed E-state index contributed by atoms with van der Waals surface area (Å²) in [7, 11) is 0. The lowest BCUT2D eigenvalue weighted by Crippen LogP contribution is -2.16. The number of allylic oxidation sites excluding steroid dienone is 2. The SMILES string of the molecule is CCCCC(C)OC1=C(C)/C(=N/O)CCC1. The quantitative estimate of drug-likeness (QED) is 0.570. The molecule has 1 aliphatic rings. The van der Waals surface area contributed by atoms with E-state index in [4.69, 9.17) is 9.94 Å². The maximum absolute atomic E-state index is 8.85. The first kappa shape index (κ1) is 13.1. The number of ether oxygens (including phenoxy) is 1. The highest BCUT2D eigenvalue weighted by Gasteiger charge is 2.18. The van der Waals surface area contributed by atoms with Crippen molar-refractivity contribution in [3.8, 4) is 0 Å². The Morgan fingerprint density at radius 2 is 2.19 bits per heavy atom. The molecule has 92 valence electrons. The van der Waals surface area contributed by atoms with Crippen LogP contribution in [0.3, 0.4) is 0 Å². The molecule has 0 saturated carbocycles. The molecule has 0 aromatic carbocycles. The van der Waals surface area contributed by atoms with E-state index in [2.05, 4.69) is 19.0 Å². The van der Waals surface area contributed by atoms with Gasteiger partial charge in [0.2, 0.25) is 0 Å². The van der Waals surface area contributed by atoms with Crippen molar-refractivity contribution in [3.63, 3.8) is 0 Å². The molecule has 0 aliphatic heterocycles. The molecule has 0 bridgehead atoms. The van der Waals surface area contributed by atoms with Gasteiger partial charge in [-0.3, -0.25) is 0 Å². The van der Waals surface area contributed by atoms with Crippen LogP contribution in [-0.2, 0) is 4.74 Å². The van der Waals surface area contributed by atoms with E-state index < -0.39 is 0 Å². The summed E-state index contributed by atoms with van der Waals surface area (Å²) >= 11 is 0. The average molecular weight is 225 g/mol. The minimum atomic E-state index is 0.267. The number of rotatable bonds is 5. The van der Waals surface area contributed by atoms with Crippen molar-refractivity contribution in [2.45, 2.75) is 65.4 Å². The van der Waals surface area contributed by atoms with Gasteiger partial charge < -0.3 is 9.94 Å². The second-order valence-electron chi connectivity index (χ2n) is 4.52. The van der Waals surface area contributed by atoms with E-state index in [1.807, 2.05) is 6.92 Å². The number of hydrogen-bond donors (Lipinski definition) is 1. The molecule has 16 heavy (non-hydrogen) atoms. The molecule has 1 atom stereocenters. The van der Waals surface area contributed by atoms with Gasteiger partial charge in [-0.1, -0.05) is 24.9 Å². The lowest BCUT2D eigenvalue weighted by Gasteiger charge is -2.23. The van der Waals surface area contributed by atoms with E-state index in [1.54, 1.807) is 0 Å². The molecule has 3 nitrogen and oxygen atoms in total. The van der Waals surface area contributed by atoms with Crippen molar-refractivity contribution in [3.05, 3.63) is 11.3 Å². The van der Waals surface area contributed by atoms with Gasteiger partial charge in [0.25, 0.3) is 0 Å². The summed E-state index contributed by atoms with van der Waals surface area (Å²) in [5, 5.41) is 12.2. The zero-order valence-corrected chi connectivity index (χ0v) is 10.6. The van der Waals surface area contributed by atoms with Crippen molar-refractivity contribution in [2.75, 3.05) is 0 Å². The molecule has 1 unspecified atom stereocenters. The highest BCUT2D eigenvalue weighted by Crippen LogP contribution is 2.25. The third-order valence-corrected chi connectivity index (χ3v) is 3.10. The Bertz CT molecular complexity index is 282. The van der Waals surface area contributed by atoms with Crippen molar-refractivity contribution in [1.29, 1.82) is 0 Å². The molecule has 0 amide bonds. The number of hydrogen-bond acceptors (Lipinski definition) is 3. The lowest BCUT2D eigenvalue weighted by molar-refractivity contribution is 0.111. The second kappa shape index (κ2) is 6.56.